The molecule has 0 saturated carbocycles. The number of hydrogen-bond acceptors (Lipinski definition) is 2. The van der Waals surface area contributed by atoms with E-state index in [0.29, 0.717) is 5.56 Å². The third-order valence-corrected chi connectivity index (χ3v) is 2.31. The summed E-state index contributed by atoms with van der Waals surface area (Å²) in [6.45, 7) is 5.52. The number of carboxylic acids is 1. The maximum Gasteiger partial charge on any atom is 0.336 e. The van der Waals surface area contributed by atoms with Crippen LogP contribution in [0.1, 0.15) is 41.3 Å². The lowest BCUT2D eigenvalue weighted by molar-refractivity contribution is 0.0695. The number of aromatic hydroxyl groups is 1. The maximum atomic E-state index is 10.7. The van der Waals surface area contributed by atoms with Gasteiger partial charge in [0, 0.05) is 5.56 Å². The van der Waals surface area contributed by atoms with Crippen molar-refractivity contribution in [3.63, 3.8) is 0 Å². The van der Waals surface area contributed by atoms with Crippen molar-refractivity contribution in [2.45, 2.75) is 26.7 Å². The highest BCUT2D eigenvalue weighted by atomic mass is 16.4. The third kappa shape index (κ3) is 1.71. The second kappa shape index (κ2) is 3.70. The molecule has 2 N–H and O–H groups in total. The lowest BCUT2D eigenvalue weighted by atomic mass is 9.96. The first-order valence-corrected chi connectivity index (χ1v) is 4.51. The number of carbonyl (C=O) groups is 1. The minimum absolute atomic E-state index is 0.0971. The van der Waals surface area contributed by atoms with Crippen LogP contribution < -0.4 is 0 Å². The van der Waals surface area contributed by atoms with Crippen LogP contribution in [0.15, 0.2) is 12.1 Å². The van der Waals surface area contributed by atoms with Crippen molar-refractivity contribution < 1.29 is 15.0 Å². The number of hydrogen-bond donors (Lipinski definition) is 2. The molecule has 1 aromatic carbocycles. The molecule has 76 valence electrons. The van der Waals surface area contributed by atoms with Crippen LogP contribution in [0.2, 0.25) is 0 Å². The van der Waals surface area contributed by atoms with Crippen LogP contribution in [0.3, 0.4) is 0 Å². The molecule has 0 amide bonds. The van der Waals surface area contributed by atoms with E-state index in [-0.39, 0.29) is 17.2 Å². The van der Waals surface area contributed by atoms with Crippen LogP contribution in [-0.2, 0) is 0 Å². The van der Waals surface area contributed by atoms with Crippen molar-refractivity contribution in [3.8, 4) is 5.75 Å². The van der Waals surface area contributed by atoms with Crippen LogP contribution in [0, 0.1) is 6.92 Å². The number of aromatic carboxylic acids is 1. The summed E-state index contributed by atoms with van der Waals surface area (Å²) in [6.07, 6.45) is 0. The summed E-state index contributed by atoms with van der Waals surface area (Å²) in [4.78, 5) is 10.7. The highest BCUT2D eigenvalue weighted by molar-refractivity contribution is 5.90. The number of phenolic OH excluding ortho intramolecular Hbond substituents is 1. The second-order valence-corrected chi connectivity index (χ2v) is 3.64. The molecular formula is C11H14O3. The fraction of sp³-hybridized carbons (Fsp3) is 0.364. The van der Waals surface area contributed by atoms with Gasteiger partial charge >= 0.3 is 5.97 Å². The Morgan fingerprint density at radius 3 is 2.36 bits per heavy atom. The molecule has 0 heterocycles. The van der Waals surface area contributed by atoms with E-state index in [2.05, 4.69) is 0 Å². The highest BCUT2D eigenvalue weighted by Gasteiger charge is 2.14. The van der Waals surface area contributed by atoms with Crippen molar-refractivity contribution in [2.24, 2.45) is 0 Å². The molecule has 1 rings (SSSR count). The molecule has 0 atom stereocenters. The summed E-state index contributed by atoms with van der Waals surface area (Å²) in [5.74, 6) is -0.718. The molecule has 0 aliphatic heterocycles. The Kier molecular flexibility index (Phi) is 2.79. The largest absolute Gasteiger partial charge is 0.507 e. The minimum Gasteiger partial charge on any atom is -0.507 e. The van der Waals surface area contributed by atoms with Gasteiger partial charge in [0.15, 0.2) is 0 Å². The van der Waals surface area contributed by atoms with E-state index in [1.165, 1.54) is 6.07 Å². The standard InChI is InChI=1S/C11H14O3/c1-6(2)8-4-5-9(11(13)14)7(3)10(8)12/h4-6,12H,1-3H3,(H,13,14). The molecule has 0 aromatic heterocycles. The van der Waals surface area contributed by atoms with Gasteiger partial charge in [0.25, 0.3) is 0 Å². The maximum absolute atomic E-state index is 10.7. The molecule has 1 aromatic rings. The summed E-state index contributed by atoms with van der Waals surface area (Å²) < 4.78 is 0. The normalized spacial score (nSPS) is 10.6. The summed E-state index contributed by atoms with van der Waals surface area (Å²) in [6, 6.07) is 3.20. The van der Waals surface area contributed by atoms with Crippen molar-refractivity contribution in [1.29, 1.82) is 0 Å². The molecule has 3 heteroatoms. The van der Waals surface area contributed by atoms with E-state index in [4.69, 9.17) is 5.11 Å². The first kappa shape index (κ1) is 10.6. The SMILES string of the molecule is Cc1c(C(=O)O)ccc(C(C)C)c1O. The van der Waals surface area contributed by atoms with Gasteiger partial charge in [0.05, 0.1) is 5.56 Å². The summed E-state index contributed by atoms with van der Waals surface area (Å²) in [7, 11) is 0. The Morgan fingerprint density at radius 1 is 1.36 bits per heavy atom. The quantitative estimate of drug-likeness (QED) is 0.760. The van der Waals surface area contributed by atoms with E-state index in [9.17, 15) is 9.90 Å². The Hall–Kier alpha value is -1.51. The van der Waals surface area contributed by atoms with Crippen LogP contribution in [0.5, 0.6) is 5.75 Å². The van der Waals surface area contributed by atoms with Gasteiger partial charge in [-0.1, -0.05) is 19.9 Å². The van der Waals surface area contributed by atoms with Crippen LogP contribution in [-0.4, -0.2) is 16.2 Å². The fourth-order valence-electron chi connectivity index (χ4n) is 1.42. The zero-order chi connectivity index (χ0) is 10.9. The number of rotatable bonds is 2. The van der Waals surface area contributed by atoms with Crippen molar-refractivity contribution in [2.75, 3.05) is 0 Å². The first-order valence-electron chi connectivity index (χ1n) is 4.51. The smallest absolute Gasteiger partial charge is 0.336 e. The van der Waals surface area contributed by atoms with Gasteiger partial charge in [-0.05, 0) is 24.5 Å². The van der Waals surface area contributed by atoms with Gasteiger partial charge in [0.2, 0.25) is 0 Å². The minimum atomic E-state index is -1.01. The predicted molar refractivity (Wildman–Crippen MR) is 53.9 cm³/mol. The molecule has 0 saturated heterocycles. The van der Waals surface area contributed by atoms with Crippen LogP contribution >= 0.6 is 0 Å². The van der Waals surface area contributed by atoms with Gasteiger partial charge < -0.3 is 10.2 Å². The third-order valence-electron chi connectivity index (χ3n) is 2.31. The zero-order valence-electron chi connectivity index (χ0n) is 8.53. The average Bonchev–Trinajstić information content (AvgIpc) is 2.08. The van der Waals surface area contributed by atoms with Gasteiger partial charge in [-0.25, -0.2) is 4.79 Å². The van der Waals surface area contributed by atoms with Crippen LogP contribution in [0.25, 0.3) is 0 Å². The molecule has 0 fully saturated rings. The van der Waals surface area contributed by atoms with Gasteiger partial charge in [-0.3, -0.25) is 0 Å². The molecule has 0 spiro atoms. The molecule has 0 aliphatic rings. The molecular weight excluding hydrogens is 180 g/mol. The molecule has 14 heavy (non-hydrogen) atoms. The average molecular weight is 194 g/mol. The van der Waals surface area contributed by atoms with Crippen molar-refractivity contribution >= 4 is 5.97 Å². The zero-order valence-corrected chi connectivity index (χ0v) is 8.53. The van der Waals surface area contributed by atoms with Crippen molar-refractivity contribution in [1.82, 2.24) is 0 Å². The Bertz CT molecular complexity index is 367. The topological polar surface area (TPSA) is 57.5 Å². The Labute approximate surface area is 83.0 Å². The monoisotopic (exact) mass is 194 g/mol. The van der Waals surface area contributed by atoms with E-state index >= 15 is 0 Å². The summed E-state index contributed by atoms with van der Waals surface area (Å²) in [5.41, 5.74) is 1.38. The molecule has 3 nitrogen and oxygen atoms in total. The summed E-state index contributed by atoms with van der Waals surface area (Å²) >= 11 is 0. The predicted octanol–water partition coefficient (Wildman–Crippen LogP) is 2.52. The number of benzene rings is 1. The van der Waals surface area contributed by atoms with E-state index in [0.717, 1.165) is 5.56 Å². The fourth-order valence-corrected chi connectivity index (χ4v) is 1.42. The lowest BCUT2D eigenvalue weighted by Gasteiger charge is -2.11. The molecule has 0 aliphatic carbocycles. The molecule has 0 unspecified atom stereocenters. The lowest BCUT2D eigenvalue weighted by Crippen LogP contribution is -2.01. The molecule has 0 bridgehead atoms. The number of phenols is 1. The molecule has 0 radical (unpaired) electrons. The van der Waals surface area contributed by atoms with Gasteiger partial charge in [-0.15, -0.1) is 0 Å². The van der Waals surface area contributed by atoms with Crippen molar-refractivity contribution in [3.05, 3.63) is 28.8 Å². The van der Waals surface area contributed by atoms with Crippen LogP contribution in [0.4, 0.5) is 0 Å². The van der Waals surface area contributed by atoms with E-state index < -0.39 is 5.97 Å². The first-order chi connectivity index (χ1) is 6.45. The second-order valence-electron chi connectivity index (χ2n) is 3.64. The Morgan fingerprint density at radius 2 is 1.93 bits per heavy atom. The van der Waals surface area contributed by atoms with E-state index in [1.807, 2.05) is 13.8 Å². The van der Waals surface area contributed by atoms with Gasteiger partial charge in [0.1, 0.15) is 5.75 Å². The van der Waals surface area contributed by atoms with Gasteiger partial charge in [-0.2, -0.15) is 0 Å². The number of carboxylic acid groups (broad SMARTS) is 1. The highest BCUT2D eigenvalue weighted by Crippen LogP contribution is 2.30. The summed E-state index contributed by atoms with van der Waals surface area (Å²) in [5, 5.41) is 18.5. The Balaban J connectivity index is 3.33. The van der Waals surface area contributed by atoms with E-state index in [1.54, 1.807) is 13.0 Å².